The molecule has 0 atom stereocenters. The molecule has 5 heteroatoms. The molecule has 7 aromatic carbocycles. The van der Waals surface area contributed by atoms with E-state index in [4.69, 9.17) is 9.40 Å². The first-order chi connectivity index (χ1) is 24.8. The summed E-state index contributed by atoms with van der Waals surface area (Å²) in [4.78, 5) is 6.29. The van der Waals surface area contributed by atoms with E-state index in [1.165, 1.54) is 26.5 Å². The molecule has 11 aromatic rings. The Labute approximate surface area is 290 Å². The van der Waals surface area contributed by atoms with Gasteiger partial charge in [0.2, 0.25) is 0 Å². The van der Waals surface area contributed by atoms with Gasteiger partial charge in [0, 0.05) is 43.9 Å². The number of imidazole rings is 1. The molecule has 4 aromatic heterocycles. The first-order valence-electron chi connectivity index (χ1n) is 16.8. The standard InChI is InChI=1S/C45H27N3OS/c1-2-11-29(12-3-1)43-42(46-45-48(43)39-18-7-9-20-41(39)50-45)30-23-26-38-36(27-30)33-13-4-6-17-37(33)47(38)31-24-21-28(22-25-31)32-15-10-16-35-34-14-5-8-19-40(34)49-44(32)35/h1-27H. The second kappa shape index (κ2) is 10.5. The van der Waals surface area contributed by atoms with E-state index in [1.807, 2.05) is 12.1 Å². The third-order valence-electron chi connectivity index (χ3n) is 9.99. The summed E-state index contributed by atoms with van der Waals surface area (Å²) >= 11 is 1.74. The Balaban J connectivity index is 1.08. The van der Waals surface area contributed by atoms with Gasteiger partial charge in [0.1, 0.15) is 11.2 Å². The number of furan rings is 1. The zero-order valence-corrected chi connectivity index (χ0v) is 27.6. The molecule has 0 saturated carbocycles. The third kappa shape index (κ3) is 3.95. The maximum atomic E-state index is 6.36. The molecule has 0 aliphatic rings. The Morgan fingerprint density at radius 3 is 2.08 bits per heavy atom. The van der Waals surface area contributed by atoms with E-state index in [0.717, 1.165) is 71.7 Å². The maximum Gasteiger partial charge on any atom is 0.195 e. The van der Waals surface area contributed by atoms with Gasteiger partial charge in [-0.3, -0.25) is 4.40 Å². The average Bonchev–Trinajstić information content (AvgIpc) is 3.93. The molecule has 0 N–H and O–H groups in total. The molecule has 0 aliphatic carbocycles. The minimum atomic E-state index is 0.913. The van der Waals surface area contributed by atoms with Gasteiger partial charge in [-0.25, -0.2) is 4.98 Å². The number of hydrogen-bond acceptors (Lipinski definition) is 3. The van der Waals surface area contributed by atoms with Crippen LogP contribution < -0.4 is 0 Å². The quantitative estimate of drug-likeness (QED) is 0.189. The Morgan fingerprint density at radius 2 is 1.20 bits per heavy atom. The van der Waals surface area contributed by atoms with Gasteiger partial charge in [-0.05, 0) is 54.1 Å². The van der Waals surface area contributed by atoms with E-state index >= 15 is 0 Å². The van der Waals surface area contributed by atoms with Crippen molar-refractivity contribution in [2.75, 3.05) is 0 Å². The first kappa shape index (κ1) is 27.5. The molecule has 0 amide bonds. The van der Waals surface area contributed by atoms with Crippen molar-refractivity contribution in [3.8, 4) is 39.3 Å². The molecule has 4 heterocycles. The lowest BCUT2D eigenvalue weighted by atomic mass is 10.0. The van der Waals surface area contributed by atoms with Crippen molar-refractivity contribution in [1.29, 1.82) is 0 Å². The van der Waals surface area contributed by atoms with Crippen molar-refractivity contribution in [3.63, 3.8) is 0 Å². The van der Waals surface area contributed by atoms with Crippen molar-refractivity contribution >= 4 is 70.3 Å². The highest BCUT2D eigenvalue weighted by molar-refractivity contribution is 7.23. The Hall–Kier alpha value is -6.43. The molecule has 50 heavy (non-hydrogen) atoms. The summed E-state index contributed by atoms with van der Waals surface area (Å²) < 4.78 is 12.3. The van der Waals surface area contributed by atoms with Gasteiger partial charge in [0.05, 0.1) is 32.6 Å². The number of hydrogen-bond donors (Lipinski definition) is 0. The molecular formula is C45H27N3OS. The predicted octanol–water partition coefficient (Wildman–Crippen LogP) is 12.5. The fourth-order valence-corrected chi connectivity index (χ4v) is 8.77. The second-order valence-corrected chi connectivity index (χ2v) is 13.8. The summed E-state index contributed by atoms with van der Waals surface area (Å²) in [5.74, 6) is 0. The number of nitrogens with zero attached hydrogens (tertiary/aromatic N) is 3. The number of benzene rings is 7. The summed E-state index contributed by atoms with van der Waals surface area (Å²) in [7, 11) is 0. The van der Waals surface area contributed by atoms with E-state index in [0.29, 0.717) is 0 Å². The Bertz CT molecular complexity index is 3090. The number of fused-ring (bicyclic) bond motifs is 9. The summed E-state index contributed by atoms with van der Waals surface area (Å²) in [5.41, 5.74) is 13.1. The van der Waals surface area contributed by atoms with Crippen molar-refractivity contribution in [2.24, 2.45) is 0 Å². The van der Waals surface area contributed by atoms with Crippen LogP contribution in [0.3, 0.4) is 0 Å². The highest BCUT2D eigenvalue weighted by Crippen LogP contribution is 2.42. The lowest BCUT2D eigenvalue weighted by Gasteiger charge is -2.10. The van der Waals surface area contributed by atoms with E-state index in [-0.39, 0.29) is 0 Å². The number of thiazole rings is 1. The van der Waals surface area contributed by atoms with Crippen LogP contribution in [0.1, 0.15) is 0 Å². The average molecular weight is 658 g/mol. The van der Waals surface area contributed by atoms with E-state index in [2.05, 4.69) is 161 Å². The van der Waals surface area contributed by atoms with Crippen LogP contribution in [0.15, 0.2) is 168 Å². The third-order valence-corrected chi connectivity index (χ3v) is 11.0. The monoisotopic (exact) mass is 657 g/mol. The minimum Gasteiger partial charge on any atom is -0.455 e. The lowest BCUT2D eigenvalue weighted by molar-refractivity contribution is 0.670. The SMILES string of the molecule is c1ccc(-c2c(-c3ccc4c(c3)c3ccccc3n4-c3ccc(-c4cccc5c4oc4ccccc45)cc3)nc3sc4ccccc4n23)cc1. The van der Waals surface area contributed by atoms with Gasteiger partial charge < -0.3 is 8.98 Å². The molecule has 0 bridgehead atoms. The molecular weight excluding hydrogens is 631 g/mol. The van der Waals surface area contributed by atoms with Gasteiger partial charge in [-0.1, -0.05) is 127 Å². The molecule has 0 spiro atoms. The fourth-order valence-electron chi connectivity index (χ4n) is 7.74. The molecule has 0 fully saturated rings. The number of rotatable bonds is 4. The predicted molar refractivity (Wildman–Crippen MR) is 208 cm³/mol. The molecule has 0 aliphatic heterocycles. The van der Waals surface area contributed by atoms with Crippen molar-refractivity contribution in [3.05, 3.63) is 164 Å². The van der Waals surface area contributed by atoms with Crippen LogP contribution in [0, 0.1) is 0 Å². The lowest BCUT2D eigenvalue weighted by Crippen LogP contribution is -1.94. The highest BCUT2D eigenvalue weighted by atomic mass is 32.1. The smallest absolute Gasteiger partial charge is 0.195 e. The normalized spacial score (nSPS) is 12.0. The summed E-state index contributed by atoms with van der Waals surface area (Å²) in [5, 5.41) is 4.70. The van der Waals surface area contributed by atoms with Crippen LogP contribution in [0.5, 0.6) is 0 Å². The second-order valence-electron chi connectivity index (χ2n) is 12.8. The van der Waals surface area contributed by atoms with Crippen LogP contribution in [0.2, 0.25) is 0 Å². The molecule has 0 saturated heterocycles. The van der Waals surface area contributed by atoms with Crippen molar-refractivity contribution in [1.82, 2.24) is 14.0 Å². The van der Waals surface area contributed by atoms with Crippen LogP contribution in [0.25, 0.3) is 98.3 Å². The molecule has 0 radical (unpaired) electrons. The maximum absolute atomic E-state index is 6.36. The van der Waals surface area contributed by atoms with E-state index in [1.54, 1.807) is 11.3 Å². The summed E-state index contributed by atoms with van der Waals surface area (Å²) in [6.07, 6.45) is 0. The number of aromatic nitrogens is 3. The van der Waals surface area contributed by atoms with Crippen LogP contribution in [-0.4, -0.2) is 14.0 Å². The van der Waals surface area contributed by atoms with Gasteiger partial charge in [0.25, 0.3) is 0 Å². The minimum absolute atomic E-state index is 0.913. The Kier molecular flexibility index (Phi) is 5.80. The van der Waals surface area contributed by atoms with E-state index in [9.17, 15) is 0 Å². The van der Waals surface area contributed by atoms with Crippen molar-refractivity contribution in [2.45, 2.75) is 0 Å². The summed E-state index contributed by atoms with van der Waals surface area (Å²) in [6.45, 7) is 0. The first-order valence-corrected chi connectivity index (χ1v) is 17.6. The molecule has 4 nitrogen and oxygen atoms in total. The zero-order chi connectivity index (χ0) is 32.8. The number of para-hydroxylation sites is 4. The summed E-state index contributed by atoms with van der Waals surface area (Å²) in [6, 6.07) is 58.2. The largest absolute Gasteiger partial charge is 0.455 e. The van der Waals surface area contributed by atoms with Crippen LogP contribution in [-0.2, 0) is 0 Å². The van der Waals surface area contributed by atoms with E-state index < -0.39 is 0 Å². The molecule has 234 valence electrons. The van der Waals surface area contributed by atoms with Crippen LogP contribution in [0.4, 0.5) is 0 Å². The highest BCUT2D eigenvalue weighted by Gasteiger charge is 2.21. The van der Waals surface area contributed by atoms with Gasteiger partial charge >= 0.3 is 0 Å². The molecule has 11 rings (SSSR count). The fraction of sp³-hybridized carbons (Fsp3) is 0. The molecule has 0 unspecified atom stereocenters. The van der Waals surface area contributed by atoms with Gasteiger partial charge in [-0.15, -0.1) is 0 Å². The Morgan fingerprint density at radius 1 is 0.500 bits per heavy atom. The zero-order valence-electron chi connectivity index (χ0n) is 26.7. The van der Waals surface area contributed by atoms with Gasteiger partial charge in [-0.2, -0.15) is 0 Å². The van der Waals surface area contributed by atoms with Gasteiger partial charge in [0.15, 0.2) is 4.96 Å². The van der Waals surface area contributed by atoms with Crippen molar-refractivity contribution < 1.29 is 4.42 Å². The topological polar surface area (TPSA) is 35.4 Å². The van der Waals surface area contributed by atoms with Crippen LogP contribution >= 0.6 is 11.3 Å².